The number of carboxylic acid groups (broad SMARTS) is 1. The van der Waals surface area contributed by atoms with E-state index >= 15 is 0 Å². The Balaban J connectivity index is 1.58. The fourth-order valence-corrected chi connectivity index (χ4v) is 4.84. The first-order valence-electron chi connectivity index (χ1n) is 9.05. The number of nitrogens with zero attached hydrogens (tertiary/aromatic N) is 1. The van der Waals surface area contributed by atoms with E-state index in [4.69, 9.17) is 5.11 Å². The van der Waals surface area contributed by atoms with Gasteiger partial charge in [0.05, 0.1) is 4.90 Å². The van der Waals surface area contributed by atoms with E-state index in [1.165, 1.54) is 17.7 Å². The summed E-state index contributed by atoms with van der Waals surface area (Å²) in [7, 11) is -3.52. The van der Waals surface area contributed by atoms with E-state index in [0.29, 0.717) is 24.7 Å². The van der Waals surface area contributed by atoms with E-state index in [0.717, 1.165) is 19.3 Å². The average molecular weight is 388 g/mol. The molecule has 2 N–H and O–H groups in total. The molecule has 3 rings (SSSR count). The Morgan fingerprint density at radius 3 is 2.26 bits per heavy atom. The van der Waals surface area contributed by atoms with Gasteiger partial charge in [-0.2, -0.15) is 4.31 Å². The second kappa shape index (κ2) is 8.54. The van der Waals surface area contributed by atoms with Crippen molar-refractivity contribution >= 4 is 21.7 Å². The molecule has 1 heterocycles. The summed E-state index contributed by atoms with van der Waals surface area (Å²) < 4.78 is 27.2. The number of hydrogen-bond acceptors (Lipinski definition) is 4. The van der Waals surface area contributed by atoms with Crippen LogP contribution in [0.25, 0.3) is 0 Å². The van der Waals surface area contributed by atoms with Crippen LogP contribution in [0.1, 0.15) is 18.4 Å². The van der Waals surface area contributed by atoms with Gasteiger partial charge in [-0.05, 0) is 55.0 Å². The Bertz CT molecular complexity index is 859. The van der Waals surface area contributed by atoms with E-state index in [9.17, 15) is 13.2 Å². The van der Waals surface area contributed by atoms with E-state index in [2.05, 4.69) is 17.4 Å². The number of rotatable bonds is 7. The minimum absolute atomic E-state index is 0.207. The number of anilines is 1. The molecule has 1 fully saturated rings. The lowest BCUT2D eigenvalue weighted by Crippen LogP contribution is -2.38. The largest absolute Gasteiger partial charge is 0.480 e. The smallest absolute Gasteiger partial charge is 0.322 e. The fourth-order valence-electron chi connectivity index (χ4n) is 3.37. The summed E-state index contributed by atoms with van der Waals surface area (Å²) in [6.07, 6.45) is 2.69. The van der Waals surface area contributed by atoms with Gasteiger partial charge in [-0.1, -0.05) is 30.3 Å². The van der Waals surface area contributed by atoms with E-state index < -0.39 is 16.0 Å². The van der Waals surface area contributed by atoms with Crippen LogP contribution in [0.15, 0.2) is 59.5 Å². The molecule has 0 atom stereocenters. The van der Waals surface area contributed by atoms with Crippen LogP contribution in [0.3, 0.4) is 0 Å². The Morgan fingerprint density at radius 2 is 1.67 bits per heavy atom. The molecule has 0 saturated carbocycles. The molecule has 0 radical (unpaired) electrons. The van der Waals surface area contributed by atoms with Crippen LogP contribution in [0, 0.1) is 5.92 Å². The summed E-state index contributed by atoms with van der Waals surface area (Å²) in [6.45, 7) is 0.846. The van der Waals surface area contributed by atoms with Crippen LogP contribution in [-0.4, -0.2) is 43.4 Å². The molecule has 0 amide bonds. The maximum Gasteiger partial charge on any atom is 0.322 e. The van der Waals surface area contributed by atoms with Crippen molar-refractivity contribution in [1.82, 2.24) is 4.31 Å². The molecule has 0 aromatic heterocycles. The van der Waals surface area contributed by atoms with Crippen molar-refractivity contribution in [2.24, 2.45) is 5.92 Å². The molecule has 6 nitrogen and oxygen atoms in total. The first-order chi connectivity index (χ1) is 12.9. The number of carbonyl (C=O) groups is 1. The highest BCUT2D eigenvalue weighted by molar-refractivity contribution is 7.89. The monoisotopic (exact) mass is 388 g/mol. The van der Waals surface area contributed by atoms with Gasteiger partial charge < -0.3 is 10.4 Å². The van der Waals surface area contributed by atoms with Gasteiger partial charge in [0.25, 0.3) is 0 Å². The van der Waals surface area contributed by atoms with Crippen LogP contribution < -0.4 is 5.32 Å². The van der Waals surface area contributed by atoms with Crippen LogP contribution in [-0.2, 0) is 21.2 Å². The SMILES string of the molecule is O=C(O)CNc1ccc(S(=O)(=O)N2CCC(Cc3ccccc3)CC2)cc1. The van der Waals surface area contributed by atoms with Crippen molar-refractivity contribution in [3.8, 4) is 0 Å². The van der Waals surface area contributed by atoms with Gasteiger partial charge in [0.2, 0.25) is 10.0 Å². The zero-order chi connectivity index (χ0) is 19.3. The third-order valence-corrected chi connectivity index (χ3v) is 6.79. The summed E-state index contributed by atoms with van der Waals surface area (Å²) in [5.74, 6) is -0.466. The molecule has 0 bridgehead atoms. The summed E-state index contributed by atoms with van der Waals surface area (Å²) in [5, 5.41) is 11.4. The van der Waals surface area contributed by atoms with Gasteiger partial charge in [-0.25, -0.2) is 8.42 Å². The second-order valence-electron chi connectivity index (χ2n) is 6.81. The van der Waals surface area contributed by atoms with Gasteiger partial charge in [-0.15, -0.1) is 0 Å². The molecule has 2 aromatic carbocycles. The van der Waals surface area contributed by atoms with Crippen molar-refractivity contribution < 1.29 is 18.3 Å². The minimum atomic E-state index is -3.52. The average Bonchev–Trinajstić information content (AvgIpc) is 2.68. The molecule has 7 heteroatoms. The fraction of sp³-hybridized carbons (Fsp3) is 0.350. The van der Waals surface area contributed by atoms with Crippen molar-refractivity contribution in [3.63, 3.8) is 0 Å². The highest BCUT2D eigenvalue weighted by Gasteiger charge is 2.29. The van der Waals surface area contributed by atoms with Crippen LogP contribution in [0.4, 0.5) is 5.69 Å². The Hall–Kier alpha value is -2.38. The number of benzene rings is 2. The molecule has 2 aromatic rings. The molecule has 1 aliphatic heterocycles. The number of sulfonamides is 1. The summed E-state index contributed by atoms with van der Waals surface area (Å²) >= 11 is 0. The quantitative estimate of drug-likeness (QED) is 0.762. The Kier molecular flexibility index (Phi) is 6.13. The maximum atomic E-state index is 12.8. The number of hydrogen-bond donors (Lipinski definition) is 2. The summed E-state index contributed by atoms with van der Waals surface area (Å²) in [4.78, 5) is 10.8. The molecular weight excluding hydrogens is 364 g/mol. The highest BCUT2D eigenvalue weighted by Crippen LogP contribution is 2.26. The third-order valence-electron chi connectivity index (χ3n) is 4.88. The molecule has 0 spiro atoms. The van der Waals surface area contributed by atoms with Crippen LogP contribution in [0.2, 0.25) is 0 Å². The first-order valence-corrected chi connectivity index (χ1v) is 10.5. The molecule has 144 valence electrons. The van der Waals surface area contributed by atoms with E-state index in [-0.39, 0.29) is 11.4 Å². The molecule has 0 unspecified atom stereocenters. The van der Waals surface area contributed by atoms with Crippen molar-refractivity contribution in [2.45, 2.75) is 24.2 Å². The summed E-state index contributed by atoms with van der Waals surface area (Å²) in [5.41, 5.74) is 1.88. The molecule has 1 aliphatic rings. The van der Waals surface area contributed by atoms with E-state index in [1.807, 2.05) is 18.2 Å². The maximum absolute atomic E-state index is 12.8. The summed E-state index contributed by atoms with van der Waals surface area (Å²) in [6, 6.07) is 16.5. The lowest BCUT2D eigenvalue weighted by molar-refractivity contribution is -0.134. The normalized spacial score (nSPS) is 16.1. The lowest BCUT2D eigenvalue weighted by atomic mass is 9.91. The Labute approximate surface area is 159 Å². The topological polar surface area (TPSA) is 86.7 Å². The van der Waals surface area contributed by atoms with Gasteiger partial charge >= 0.3 is 5.97 Å². The first kappa shape index (κ1) is 19.4. The Morgan fingerprint density at radius 1 is 1.04 bits per heavy atom. The van der Waals surface area contributed by atoms with Gasteiger partial charge in [0.1, 0.15) is 6.54 Å². The standard InChI is InChI=1S/C20H24N2O4S/c23-20(24)15-21-18-6-8-19(9-7-18)27(25,26)22-12-10-17(11-13-22)14-16-4-2-1-3-5-16/h1-9,17,21H,10-15H2,(H,23,24). The van der Waals surface area contributed by atoms with Crippen molar-refractivity contribution in [2.75, 3.05) is 25.0 Å². The van der Waals surface area contributed by atoms with Crippen molar-refractivity contribution in [1.29, 1.82) is 0 Å². The molecular formula is C20H24N2O4S. The van der Waals surface area contributed by atoms with Gasteiger partial charge in [-0.3, -0.25) is 4.79 Å². The minimum Gasteiger partial charge on any atom is -0.480 e. The number of nitrogens with one attached hydrogen (secondary N) is 1. The third kappa shape index (κ3) is 5.08. The van der Waals surface area contributed by atoms with Gasteiger partial charge in [0, 0.05) is 18.8 Å². The van der Waals surface area contributed by atoms with Crippen LogP contribution >= 0.6 is 0 Å². The second-order valence-corrected chi connectivity index (χ2v) is 8.75. The molecule has 0 aliphatic carbocycles. The van der Waals surface area contributed by atoms with Crippen molar-refractivity contribution in [3.05, 3.63) is 60.2 Å². The molecule has 1 saturated heterocycles. The van der Waals surface area contributed by atoms with Gasteiger partial charge in [0.15, 0.2) is 0 Å². The zero-order valence-corrected chi connectivity index (χ0v) is 15.9. The van der Waals surface area contributed by atoms with E-state index in [1.54, 1.807) is 16.4 Å². The zero-order valence-electron chi connectivity index (χ0n) is 15.0. The predicted molar refractivity (Wildman–Crippen MR) is 104 cm³/mol. The number of aliphatic carboxylic acids is 1. The molecule has 27 heavy (non-hydrogen) atoms. The van der Waals surface area contributed by atoms with Crippen LogP contribution in [0.5, 0.6) is 0 Å². The lowest BCUT2D eigenvalue weighted by Gasteiger charge is -2.31. The predicted octanol–water partition coefficient (Wildman–Crippen LogP) is 2.83. The number of piperidine rings is 1. The highest BCUT2D eigenvalue weighted by atomic mass is 32.2. The number of carboxylic acids is 1.